The SMILES string of the molecule is Cn1cnnc1-c1ccc(NC(=O)N2CCCCC2c2ccccn2)cc1. The molecule has 1 aliphatic rings. The smallest absolute Gasteiger partial charge is 0.317 e. The van der Waals surface area contributed by atoms with Crippen molar-refractivity contribution in [3.63, 3.8) is 0 Å². The highest BCUT2D eigenvalue weighted by atomic mass is 16.2. The zero-order valence-electron chi connectivity index (χ0n) is 15.2. The van der Waals surface area contributed by atoms with Crippen molar-refractivity contribution >= 4 is 11.7 Å². The standard InChI is InChI=1S/C20H22N6O/c1-25-14-22-24-19(25)15-8-10-16(11-9-15)23-20(27)26-13-5-3-7-18(26)17-6-2-4-12-21-17/h2,4,6,8-12,14,18H,3,5,7,13H2,1H3,(H,23,27). The van der Waals surface area contributed by atoms with Gasteiger partial charge in [0.1, 0.15) is 6.33 Å². The Hall–Kier alpha value is -3.22. The molecule has 1 N–H and O–H groups in total. The average Bonchev–Trinajstić information content (AvgIpc) is 3.15. The van der Waals surface area contributed by atoms with Crippen LogP contribution in [0.15, 0.2) is 55.0 Å². The van der Waals surface area contributed by atoms with Gasteiger partial charge in [0.2, 0.25) is 0 Å². The highest BCUT2D eigenvalue weighted by Gasteiger charge is 2.28. The summed E-state index contributed by atoms with van der Waals surface area (Å²) in [5.74, 6) is 0.791. The van der Waals surface area contributed by atoms with Gasteiger partial charge in [-0.05, 0) is 55.7 Å². The summed E-state index contributed by atoms with van der Waals surface area (Å²) in [6, 6.07) is 13.5. The molecule has 1 aliphatic heterocycles. The number of rotatable bonds is 3. The number of amides is 2. The van der Waals surface area contributed by atoms with E-state index in [0.717, 1.165) is 48.6 Å². The minimum atomic E-state index is -0.0863. The minimum absolute atomic E-state index is 0.0258. The second-order valence-corrected chi connectivity index (χ2v) is 6.73. The zero-order valence-corrected chi connectivity index (χ0v) is 15.2. The maximum Gasteiger partial charge on any atom is 0.322 e. The first kappa shape index (κ1) is 17.2. The van der Waals surface area contributed by atoms with E-state index in [1.807, 2.05) is 59.0 Å². The number of nitrogens with one attached hydrogen (secondary N) is 1. The summed E-state index contributed by atoms with van der Waals surface area (Å²) in [5, 5.41) is 11.0. The number of hydrogen-bond acceptors (Lipinski definition) is 4. The normalized spacial score (nSPS) is 16.9. The van der Waals surface area contributed by atoms with Gasteiger partial charge in [0.25, 0.3) is 0 Å². The number of benzene rings is 1. The molecule has 1 saturated heterocycles. The molecule has 1 fully saturated rings. The van der Waals surface area contributed by atoms with Crippen LogP contribution in [0.1, 0.15) is 31.0 Å². The number of aryl methyl sites for hydroxylation is 1. The molecule has 1 unspecified atom stereocenters. The highest BCUT2D eigenvalue weighted by molar-refractivity contribution is 5.90. The fourth-order valence-corrected chi connectivity index (χ4v) is 3.50. The van der Waals surface area contributed by atoms with Crippen LogP contribution in [-0.4, -0.2) is 37.2 Å². The van der Waals surface area contributed by atoms with Gasteiger partial charge < -0.3 is 14.8 Å². The first-order valence-corrected chi connectivity index (χ1v) is 9.15. The number of anilines is 1. The maximum atomic E-state index is 12.9. The molecule has 0 bridgehead atoms. The van der Waals surface area contributed by atoms with E-state index in [1.165, 1.54) is 0 Å². The van der Waals surface area contributed by atoms with Crippen molar-refractivity contribution in [3.05, 3.63) is 60.7 Å². The number of nitrogens with zero attached hydrogens (tertiary/aromatic N) is 5. The Balaban J connectivity index is 1.48. The van der Waals surface area contributed by atoms with E-state index in [4.69, 9.17) is 0 Å². The summed E-state index contributed by atoms with van der Waals surface area (Å²) >= 11 is 0. The van der Waals surface area contributed by atoms with E-state index >= 15 is 0 Å². The van der Waals surface area contributed by atoms with Gasteiger partial charge in [-0.25, -0.2) is 4.79 Å². The Morgan fingerprint density at radius 2 is 2.00 bits per heavy atom. The van der Waals surface area contributed by atoms with Crippen LogP contribution < -0.4 is 5.32 Å². The first-order valence-electron chi connectivity index (χ1n) is 9.15. The van der Waals surface area contributed by atoms with E-state index in [-0.39, 0.29) is 12.1 Å². The zero-order chi connectivity index (χ0) is 18.6. The molecule has 1 aromatic carbocycles. The van der Waals surface area contributed by atoms with Crippen LogP contribution in [0.25, 0.3) is 11.4 Å². The van der Waals surface area contributed by atoms with Gasteiger partial charge in [0.15, 0.2) is 5.82 Å². The predicted molar refractivity (Wildman–Crippen MR) is 103 cm³/mol. The minimum Gasteiger partial charge on any atom is -0.317 e. The molecule has 3 heterocycles. The molecule has 2 aromatic heterocycles. The van der Waals surface area contributed by atoms with Crippen LogP contribution in [-0.2, 0) is 7.05 Å². The molecule has 3 aromatic rings. The number of aromatic nitrogens is 4. The Kier molecular flexibility index (Phi) is 4.82. The summed E-state index contributed by atoms with van der Waals surface area (Å²) in [6.45, 7) is 0.740. The molecule has 0 spiro atoms. The highest BCUT2D eigenvalue weighted by Crippen LogP contribution is 2.30. The van der Waals surface area contributed by atoms with Gasteiger partial charge in [-0.2, -0.15) is 0 Å². The second kappa shape index (κ2) is 7.57. The van der Waals surface area contributed by atoms with Gasteiger partial charge in [-0.15, -0.1) is 10.2 Å². The van der Waals surface area contributed by atoms with E-state index in [1.54, 1.807) is 12.5 Å². The summed E-state index contributed by atoms with van der Waals surface area (Å²) in [5.41, 5.74) is 2.67. The van der Waals surface area contributed by atoms with Gasteiger partial charge >= 0.3 is 6.03 Å². The molecule has 7 nitrogen and oxygen atoms in total. The Morgan fingerprint density at radius 1 is 1.15 bits per heavy atom. The lowest BCUT2D eigenvalue weighted by Gasteiger charge is -2.35. The Labute approximate surface area is 158 Å². The van der Waals surface area contributed by atoms with E-state index < -0.39 is 0 Å². The van der Waals surface area contributed by atoms with Crippen LogP contribution in [0.2, 0.25) is 0 Å². The van der Waals surface area contributed by atoms with Gasteiger partial charge in [0.05, 0.1) is 11.7 Å². The maximum absolute atomic E-state index is 12.9. The van der Waals surface area contributed by atoms with Crippen molar-refractivity contribution < 1.29 is 4.79 Å². The number of carbonyl (C=O) groups excluding carboxylic acids is 1. The fourth-order valence-electron chi connectivity index (χ4n) is 3.50. The van der Waals surface area contributed by atoms with Crippen molar-refractivity contribution in [2.45, 2.75) is 25.3 Å². The van der Waals surface area contributed by atoms with Gasteiger partial charge in [-0.3, -0.25) is 4.98 Å². The molecule has 7 heteroatoms. The number of hydrogen-bond donors (Lipinski definition) is 1. The molecule has 27 heavy (non-hydrogen) atoms. The number of pyridine rings is 1. The second-order valence-electron chi connectivity index (χ2n) is 6.73. The molecular weight excluding hydrogens is 340 g/mol. The number of urea groups is 1. The van der Waals surface area contributed by atoms with Crippen molar-refractivity contribution in [2.75, 3.05) is 11.9 Å². The molecule has 0 radical (unpaired) electrons. The molecular formula is C20H22N6O. The monoisotopic (exact) mass is 362 g/mol. The number of piperidine rings is 1. The summed E-state index contributed by atoms with van der Waals surface area (Å²) in [7, 11) is 1.90. The van der Waals surface area contributed by atoms with E-state index in [2.05, 4.69) is 20.5 Å². The third-order valence-corrected chi connectivity index (χ3v) is 4.90. The van der Waals surface area contributed by atoms with Crippen molar-refractivity contribution in [1.82, 2.24) is 24.6 Å². The molecule has 2 amide bonds. The summed E-state index contributed by atoms with van der Waals surface area (Å²) < 4.78 is 1.86. The first-order chi connectivity index (χ1) is 13.2. The average molecular weight is 362 g/mol. The molecule has 0 saturated carbocycles. The van der Waals surface area contributed by atoms with E-state index in [9.17, 15) is 4.79 Å². The summed E-state index contributed by atoms with van der Waals surface area (Å²) in [6.07, 6.45) is 6.51. The Bertz CT molecular complexity index is 906. The van der Waals surface area contributed by atoms with Gasteiger partial charge in [0, 0.05) is 31.0 Å². The lowest BCUT2D eigenvalue weighted by atomic mass is 9.99. The van der Waals surface area contributed by atoms with Crippen LogP contribution in [0.3, 0.4) is 0 Å². The molecule has 4 rings (SSSR count). The van der Waals surface area contributed by atoms with Gasteiger partial charge in [-0.1, -0.05) is 6.07 Å². The molecule has 0 aliphatic carbocycles. The van der Waals surface area contributed by atoms with Crippen LogP contribution in [0, 0.1) is 0 Å². The molecule has 138 valence electrons. The fraction of sp³-hybridized carbons (Fsp3) is 0.300. The van der Waals surface area contributed by atoms with Crippen LogP contribution in [0.5, 0.6) is 0 Å². The van der Waals surface area contributed by atoms with Crippen molar-refractivity contribution in [3.8, 4) is 11.4 Å². The largest absolute Gasteiger partial charge is 0.322 e. The lowest BCUT2D eigenvalue weighted by molar-refractivity contribution is 0.161. The number of carbonyl (C=O) groups is 1. The van der Waals surface area contributed by atoms with Crippen molar-refractivity contribution in [1.29, 1.82) is 0 Å². The van der Waals surface area contributed by atoms with Crippen molar-refractivity contribution in [2.24, 2.45) is 7.05 Å². The molecule has 1 atom stereocenters. The van der Waals surface area contributed by atoms with E-state index in [0.29, 0.717) is 0 Å². The third kappa shape index (κ3) is 3.67. The quantitative estimate of drug-likeness (QED) is 0.772. The number of likely N-dealkylation sites (tertiary alicyclic amines) is 1. The Morgan fingerprint density at radius 3 is 2.70 bits per heavy atom. The predicted octanol–water partition coefficient (Wildman–Crippen LogP) is 3.64. The van der Waals surface area contributed by atoms with Crippen LogP contribution in [0.4, 0.5) is 10.5 Å². The topological polar surface area (TPSA) is 75.9 Å². The summed E-state index contributed by atoms with van der Waals surface area (Å²) in [4.78, 5) is 19.2. The third-order valence-electron chi connectivity index (χ3n) is 4.90. The lowest BCUT2D eigenvalue weighted by Crippen LogP contribution is -2.41. The van der Waals surface area contributed by atoms with Crippen LogP contribution >= 0.6 is 0 Å².